The van der Waals surface area contributed by atoms with Crippen LogP contribution in [-0.4, -0.2) is 56.2 Å². The number of amides is 1. The van der Waals surface area contributed by atoms with Crippen LogP contribution in [0.4, 0.5) is 14.5 Å². The smallest absolute Gasteiger partial charge is 0.326 e. The average molecular weight is 375 g/mol. The molecule has 10 heteroatoms. The molecule has 1 unspecified atom stereocenters. The van der Waals surface area contributed by atoms with Gasteiger partial charge in [-0.05, 0) is 37.5 Å². The van der Waals surface area contributed by atoms with Crippen LogP contribution in [0, 0.1) is 5.82 Å². The molecule has 0 spiro atoms. The molecule has 1 amide bonds. The normalized spacial score (nSPS) is 26.2. The zero-order chi connectivity index (χ0) is 18.4. The number of nitrogens with one attached hydrogen (secondary N) is 1. The van der Waals surface area contributed by atoms with Crippen molar-refractivity contribution < 1.29 is 27.1 Å². The van der Waals surface area contributed by atoms with Crippen molar-refractivity contribution in [1.82, 2.24) is 9.62 Å². The zero-order valence-electron chi connectivity index (χ0n) is 13.6. The first-order valence-electron chi connectivity index (χ1n) is 7.83. The minimum absolute atomic E-state index is 0.305. The second kappa shape index (κ2) is 6.10. The Morgan fingerprint density at radius 2 is 2.12 bits per heavy atom. The Hall–Kier alpha value is -1.94. The molecule has 1 aromatic carbocycles. The van der Waals surface area contributed by atoms with Crippen molar-refractivity contribution in [3.63, 3.8) is 0 Å². The monoisotopic (exact) mass is 375 g/mol. The maximum Gasteiger partial charge on any atom is 0.326 e. The van der Waals surface area contributed by atoms with Gasteiger partial charge >= 0.3 is 10.2 Å². The van der Waals surface area contributed by atoms with Crippen molar-refractivity contribution in [2.75, 3.05) is 30.5 Å². The van der Waals surface area contributed by atoms with Crippen LogP contribution >= 0.6 is 0 Å². The molecule has 2 heterocycles. The number of hydrogen-bond acceptors (Lipinski definition) is 5. The van der Waals surface area contributed by atoms with Crippen LogP contribution in [0.5, 0.6) is 5.75 Å². The van der Waals surface area contributed by atoms with E-state index in [0.717, 1.165) is 6.07 Å². The zero-order valence-corrected chi connectivity index (χ0v) is 14.4. The topological polar surface area (TPSA) is 89.9 Å². The Morgan fingerprint density at radius 1 is 1.40 bits per heavy atom. The lowest BCUT2D eigenvalue weighted by molar-refractivity contribution is -0.117. The molecule has 138 valence electrons. The van der Waals surface area contributed by atoms with Crippen LogP contribution in [0.25, 0.3) is 0 Å². The molecule has 0 aromatic heterocycles. The van der Waals surface area contributed by atoms with E-state index < -0.39 is 45.6 Å². The summed E-state index contributed by atoms with van der Waals surface area (Å²) < 4.78 is 54.0. The first-order valence-corrected chi connectivity index (χ1v) is 9.27. The van der Waals surface area contributed by atoms with Gasteiger partial charge in [0.25, 0.3) is 5.91 Å². The number of rotatable bonds is 4. The fraction of sp³-hybridized carbons (Fsp3) is 0.533. The number of hydrogen-bond donors (Lipinski definition) is 2. The number of halogens is 2. The summed E-state index contributed by atoms with van der Waals surface area (Å²) in [5.41, 5.74) is -1.32. The number of phenolic OH excluding ortho intramolecular Hbond substituents is 1. The van der Waals surface area contributed by atoms with Gasteiger partial charge in [-0.1, -0.05) is 0 Å². The van der Waals surface area contributed by atoms with Gasteiger partial charge in [0, 0.05) is 19.6 Å². The molecule has 25 heavy (non-hydrogen) atoms. The summed E-state index contributed by atoms with van der Waals surface area (Å²) >= 11 is 0. The second-order valence-electron chi connectivity index (χ2n) is 6.67. The van der Waals surface area contributed by atoms with E-state index in [1.165, 1.54) is 6.07 Å². The van der Waals surface area contributed by atoms with Gasteiger partial charge in [0.2, 0.25) is 0 Å². The quantitative estimate of drug-likeness (QED) is 0.808. The van der Waals surface area contributed by atoms with Crippen molar-refractivity contribution in [3.05, 3.63) is 23.5 Å². The molecule has 2 fully saturated rings. The lowest BCUT2D eigenvalue weighted by Crippen LogP contribution is -2.30. The molecular formula is C15H19F2N3O4S. The first-order chi connectivity index (χ1) is 11.6. The number of nitrogens with zero attached hydrogens (tertiary/aromatic N) is 2. The molecule has 2 aliphatic rings. The minimum atomic E-state index is -4.20. The predicted molar refractivity (Wildman–Crippen MR) is 86.7 cm³/mol. The van der Waals surface area contributed by atoms with Gasteiger partial charge in [-0.3, -0.25) is 9.69 Å². The summed E-state index contributed by atoms with van der Waals surface area (Å²) in [6, 6.07) is 2.39. The van der Waals surface area contributed by atoms with E-state index in [-0.39, 0.29) is 0 Å². The minimum Gasteiger partial charge on any atom is -0.506 e. The summed E-state index contributed by atoms with van der Waals surface area (Å²) in [6.07, 6.45) is 0.824. The Labute approximate surface area is 144 Å². The first kappa shape index (κ1) is 17.9. The number of carbonyl (C=O) groups is 1. The molecule has 1 atom stereocenters. The summed E-state index contributed by atoms with van der Waals surface area (Å²) in [4.78, 5) is 13.2. The van der Waals surface area contributed by atoms with E-state index in [2.05, 4.69) is 0 Å². The molecule has 3 rings (SSSR count). The van der Waals surface area contributed by atoms with E-state index in [0.29, 0.717) is 42.3 Å². The Bertz CT molecular complexity index is 790. The standard InChI is InChI=1S/C15H19F2N3O4S/c1-15(17)3-5-19(9-15)4-2-10-6-11(16)14(12(21)7-10)20-8-13(22)18-25(20,23)24/h6-7,21H,2-5,8-9H2,1H3,(H,18,22). The third-order valence-electron chi connectivity index (χ3n) is 4.39. The lowest BCUT2D eigenvalue weighted by Gasteiger charge is -2.19. The molecular weight excluding hydrogens is 356 g/mol. The maximum atomic E-state index is 14.4. The number of anilines is 1. The van der Waals surface area contributed by atoms with Crippen LogP contribution in [0.15, 0.2) is 12.1 Å². The number of benzene rings is 1. The molecule has 1 aromatic rings. The molecule has 0 aliphatic carbocycles. The predicted octanol–water partition coefficient (Wildman–Crippen LogP) is 0.689. The Balaban J connectivity index is 1.76. The molecule has 2 N–H and O–H groups in total. The van der Waals surface area contributed by atoms with E-state index in [1.807, 2.05) is 4.90 Å². The van der Waals surface area contributed by atoms with Crippen LogP contribution in [0.1, 0.15) is 18.9 Å². The van der Waals surface area contributed by atoms with Crippen molar-refractivity contribution in [2.24, 2.45) is 0 Å². The summed E-state index contributed by atoms with van der Waals surface area (Å²) in [6.45, 7) is 2.37. The molecule has 0 bridgehead atoms. The molecule has 2 aliphatic heterocycles. The van der Waals surface area contributed by atoms with Crippen LogP contribution in [0.2, 0.25) is 0 Å². The van der Waals surface area contributed by atoms with E-state index in [4.69, 9.17) is 0 Å². The van der Waals surface area contributed by atoms with Gasteiger partial charge in [-0.2, -0.15) is 8.42 Å². The van der Waals surface area contributed by atoms with E-state index in [1.54, 1.807) is 11.6 Å². The number of carbonyl (C=O) groups excluding carboxylic acids is 1. The fourth-order valence-corrected chi connectivity index (χ4v) is 4.34. The van der Waals surface area contributed by atoms with Gasteiger partial charge in [0.05, 0.1) is 0 Å². The third kappa shape index (κ3) is 3.69. The highest BCUT2D eigenvalue weighted by Crippen LogP contribution is 2.35. The van der Waals surface area contributed by atoms with Crippen LogP contribution < -0.4 is 9.03 Å². The SMILES string of the molecule is CC1(F)CCN(CCc2cc(O)c(N3CC(=O)NS3(=O)=O)c(F)c2)C1. The van der Waals surface area contributed by atoms with E-state index in [9.17, 15) is 27.1 Å². The Kier molecular flexibility index (Phi) is 4.36. The number of phenols is 1. The number of likely N-dealkylation sites (tertiary alicyclic amines) is 1. The number of alkyl halides is 1. The van der Waals surface area contributed by atoms with Crippen molar-refractivity contribution >= 4 is 21.8 Å². The number of aromatic hydroxyl groups is 1. The van der Waals surface area contributed by atoms with Crippen molar-refractivity contribution in [2.45, 2.75) is 25.4 Å². The van der Waals surface area contributed by atoms with E-state index >= 15 is 0 Å². The summed E-state index contributed by atoms with van der Waals surface area (Å²) in [7, 11) is -4.20. The van der Waals surface area contributed by atoms with Gasteiger partial charge in [0.1, 0.15) is 23.7 Å². The van der Waals surface area contributed by atoms with Crippen LogP contribution in [0.3, 0.4) is 0 Å². The average Bonchev–Trinajstić information content (AvgIpc) is 2.94. The lowest BCUT2D eigenvalue weighted by atomic mass is 10.1. The second-order valence-corrected chi connectivity index (χ2v) is 8.27. The summed E-state index contributed by atoms with van der Waals surface area (Å²) in [5.74, 6) is -2.30. The fourth-order valence-electron chi connectivity index (χ4n) is 3.17. The summed E-state index contributed by atoms with van der Waals surface area (Å²) in [5, 5.41) is 10.1. The van der Waals surface area contributed by atoms with Gasteiger partial charge in [0.15, 0.2) is 5.82 Å². The van der Waals surface area contributed by atoms with Crippen LogP contribution in [-0.2, 0) is 21.4 Å². The highest BCUT2D eigenvalue weighted by Gasteiger charge is 2.37. The van der Waals surface area contributed by atoms with Gasteiger partial charge in [-0.15, -0.1) is 0 Å². The molecule has 0 radical (unpaired) electrons. The molecule has 7 nitrogen and oxygen atoms in total. The maximum absolute atomic E-state index is 14.4. The van der Waals surface area contributed by atoms with Crippen molar-refractivity contribution in [3.8, 4) is 5.75 Å². The molecule has 0 saturated carbocycles. The Morgan fingerprint density at radius 3 is 2.64 bits per heavy atom. The highest BCUT2D eigenvalue weighted by atomic mass is 32.2. The van der Waals surface area contributed by atoms with Gasteiger partial charge < -0.3 is 5.11 Å². The largest absolute Gasteiger partial charge is 0.506 e. The highest BCUT2D eigenvalue weighted by molar-refractivity contribution is 7.92. The van der Waals surface area contributed by atoms with Gasteiger partial charge in [-0.25, -0.2) is 17.8 Å². The third-order valence-corrected chi connectivity index (χ3v) is 5.77. The molecule has 2 saturated heterocycles. The van der Waals surface area contributed by atoms with Crippen molar-refractivity contribution in [1.29, 1.82) is 0 Å².